The van der Waals surface area contributed by atoms with Crippen LogP contribution in [0.15, 0.2) is 109 Å². The molecule has 5 aromatic carbocycles. The van der Waals surface area contributed by atoms with Crippen LogP contribution in [0.1, 0.15) is 108 Å². The third-order valence-electron chi connectivity index (χ3n) is 18.8. The molecule has 0 saturated heterocycles. The number of rotatable bonds is 43. The molecular formula is C79H96ClN9O20S. The Kier molecular flexibility index (Phi) is 31.9. The van der Waals surface area contributed by atoms with E-state index in [4.69, 9.17) is 60.0 Å². The number of nitrogens with two attached hydrogens (primary N) is 1. The summed E-state index contributed by atoms with van der Waals surface area (Å²) in [5.74, 6) is -3.78. The van der Waals surface area contributed by atoms with E-state index in [9.17, 15) is 52.7 Å². The summed E-state index contributed by atoms with van der Waals surface area (Å²) in [7, 11) is 3.05. The number of thiophene rings is 1. The van der Waals surface area contributed by atoms with Crippen LogP contribution in [0.3, 0.4) is 0 Å². The summed E-state index contributed by atoms with van der Waals surface area (Å²) in [5.41, 5.74) is 9.23. The summed E-state index contributed by atoms with van der Waals surface area (Å²) in [4.78, 5) is 152. The molecule has 5 N–H and O–H groups in total. The number of primary amides is 1. The zero-order valence-corrected chi connectivity index (χ0v) is 64.3. The molecule has 0 radical (unpaired) electrons. The highest BCUT2D eigenvalue weighted by Crippen LogP contribution is 2.49. The number of anilines is 3. The highest BCUT2D eigenvalue weighted by Gasteiger charge is 2.39. The number of alkyl halides is 1. The predicted octanol–water partition coefficient (Wildman–Crippen LogP) is 9.33. The van der Waals surface area contributed by atoms with Crippen LogP contribution >= 0.6 is 22.9 Å². The van der Waals surface area contributed by atoms with Crippen molar-refractivity contribution in [3.8, 4) is 11.5 Å². The fourth-order valence-electron chi connectivity index (χ4n) is 13.0. The number of fused-ring (bicyclic) bond motifs is 6. The zero-order valence-electron chi connectivity index (χ0n) is 62.7. The van der Waals surface area contributed by atoms with Gasteiger partial charge < -0.3 is 83.9 Å². The second kappa shape index (κ2) is 41.8. The largest absolute Gasteiger partial charge is 0.445 e. The lowest BCUT2D eigenvalue weighted by Crippen LogP contribution is -2.45. The fraction of sp³-hybridized carbons (Fsp3) is 0.456. The topological polar surface area (TPSA) is 349 Å². The third kappa shape index (κ3) is 23.1. The minimum absolute atomic E-state index is 0.0180. The quantitative estimate of drug-likeness (QED) is 0.00910. The summed E-state index contributed by atoms with van der Waals surface area (Å²) < 4.78 is 50.4. The number of hydrogen-bond donors (Lipinski definition) is 4. The van der Waals surface area contributed by atoms with Gasteiger partial charge in [-0.2, -0.15) is 0 Å². The van der Waals surface area contributed by atoms with E-state index in [1.165, 1.54) is 43.0 Å². The first-order chi connectivity index (χ1) is 53.0. The minimum atomic E-state index is -0.908. The molecule has 110 heavy (non-hydrogen) atoms. The van der Waals surface area contributed by atoms with Crippen molar-refractivity contribution >= 4 is 127 Å². The molecule has 1 aromatic heterocycles. The number of nitrogens with zero attached hydrogens (tertiary/aromatic N) is 5. The Labute approximate surface area is 647 Å². The average Bonchev–Trinajstić information content (AvgIpc) is 1.57. The number of halogens is 1. The van der Waals surface area contributed by atoms with Gasteiger partial charge in [0.05, 0.1) is 113 Å². The van der Waals surface area contributed by atoms with Gasteiger partial charge in [0.25, 0.3) is 23.6 Å². The lowest BCUT2D eigenvalue weighted by Gasteiger charge is -2.24. The molecule has 6 aromatic rings. The number of benzene rings is 5. The smallest absolute Gasteiger partial charge is 0.415 e. The average molecular weight is 1560 g/mol. The van der Waals surface area contributed by atoms with E-state index in [0.29, 0.717) is 109 Å². The molecule has 0 unspecified atom stereocenters. The van der Waals surface area contributed by atoms with E-state index in [1.54, 1.807) is 72.2 Å². The molecule has 4 atom stereocenters. The van der Waals surface area contributed by atoms with Crippen molar-refractivity contribution in [3.05, 3.63) is 136 Å². The lowest BCUT2D eigenvalue weighted by atomic mass is 9.89. The van der Waals surface area contributed by atoms with Gasteiger partial charge in [-0.25, -0.2) is 14.4 Å². The molecule has 9 rings (SSSR count). The van der Waals surface area contributed by atoms with Crippen molar-refractivity contribution < 1.29 is 95.4 Å². The van der Waals surface area contributed by atoms with Crippen LogP contribution in [-0.2, 0) is 68.5 Å². The minimum Gasteiger partial charge on any atom is -0.445 e. The van der Waals surface area contributed by atoms with Crippen LogP contribution in [0.4, 0.5) is 31.4 Å². The van der Waals surface area contributed by atoms with Crippen molar-refractivity contribution in [2.45, 2.75) is 84.3 Å². The molecule has 4 heterocycles. The second-order valence-electron chi connectivity index (χ2n) is 26.9. The van der Waals surface area contributed by atoms with Gasteiger partial charge in [0.15, 0.2) is 5.78 Å². The molecule has 0 aliphatic carbocycles. The second-order valence-corrected chi connectivity index (χ2v) is 28.3. The van der Waals surface area contributed by atoms with Crippen LogP contribution in [0.25, 0.3) is 21.5 Å². The molecule has 3 aliphatic heterocycles. The first-order valence-electron chi connectivity index (χ1n) is 36.7. The van der Waals surface area contributed by atoms with E-state index in [2.05, 4.69) is 22.9 Å². The number of hydrogen-bond acceptors (Lipinski definition) is 21. The van der Waals surface area contributed by atoms with Crippen LogP contribution in [-0.4, -0.2) is 225 Å². The van der Waals surface area contributed by atoms with Crippen LogP contribution in [0.5, 0.6) is 11.5 Å². The van der Waals surface area contributed by atoms with E-state index >= 15 is 0 Å². The number of likely N-dealkylation sites (N-methyl/N-ethyl adjacent to an activating group) is 2. The Morgan fingerprint density at radius 1 is 0.627 bits per heavy atom. The summed E-state index contributed by atoms with van der Waals surface area (Å²) >= 11 is 7.72. The molecule has 31 heteroatoms. The summed E-state index contributed by atoms with van der Waals surface area (Å²) in [6, 6.07) is 26.7. The number of nitrogens with one attached hydrogen (secondary N) is 3. The first-order valence-corrected chi connectivity index (χ1v) is 38.1. The summed E-state index contributed by atoms with van der Waals surface area (Å²) in [6.45, 7) is 11.5. The lowest BCUT2D eigenvalue weighted by molar-refractivity contribution is -0.138. The van der Waals surface area contributed by atoms with Gasteiger partial charge in [-0.3, -0.25) is 43.3 Å². The Morgan fingerprint density at radius 3 is 1.63 bits per heavy atom. The Morgan fingerprint density at radius 2 is 1.12 bits per heavy atom. The molecule has 590 valence electrons. The van der Waals surface area contributed by atoms with Gasteiger partial charge in [0.2, 0.25) is 11.8 Å². The van der Waals surface area contributed by atoms with Crippen molar-refractivity contribution in [1.82, 2.24) is 25.3 Å². The molecule has 10 amide bonds. The number of Topliss-reactive ketones (excluding diaryl/α,β-unsaturated/α-hetero) is 1. The Hall–Kier alpha value is -9.92. The van der Waals surface area contributed by atoms with Gasteiger partial charge in [0, 0.05) is 131 Å². The highest BCUT2D eigenvalue weighted by atomic mass is 35.5. The number of amides is 10. The summed E-state index contributed by atoms with van der Waals surface area (Å²) in [5, 5.41) is 11.2. The number of ketones is 1. The van der Waals surface area contributed by atoms with Gasteiger partial charge in [-0.1, -0.05) is 81.4 Å². The van der Waals surface area contributed by atoms with Crippen LogP contribution < -0.4 is 41.0 Å². The van der Waals surface area contributed by atoms with E-state index in [0.717, 1.165) is 49.9 Å². The predicted molar refractivity (Wildman–Crippen MR) is 412 cm³/mol. The van der Waals surface area contributed by atoms with E-state index in [1.807, 2.05) is 48.5 Å². The normalized spacial score (nSPS) is 14.9. The maximum absolute atomic E-state index is 14.7. The van der Waals surface area contributed by atoms with Crippen molar-refractivity contribution in [1.29, 1.82) is 0 Å². The number of ether oxygens (including phenoxy) is 9. The van der Waals surface area contributed by atoms with Gasteiger partial charge in [-0.15, -0.1) is 22.9 Å². The van der Waals surface area contributed by atoms with Crippen molar-refractivity contribution in [2.75, 3.05) is 154 Å². The number of esters is 1. The van der Waals surface area contributed by atoms with E-state index < -0.39 is 48.0 Å². The van der Waals surface area contributed by atoms with Crippen molar-refractivity contribution in [2.24, 2.45) is 17.6 Å². The van der Waals surface area contributed by atoms with Gasteiger partial charge in [0.1, 0.15) is 18.1 Å². The SMILES string of the molecule is CC[C@@H]1CN(C(=O)c2ccc(C(=O)N3C[C@@H](CCl)c4c3cc(OC(=O)N(C)CCN(C)C(=O)OCc3ccc(NC(=O)[C@H](CCCNC(N)=O)CC(=O)[C@@H](NC(=O)CCOCCOCCOCCOCCOCCOCCN5C(=O)C=CC5=O)C(C)C)cc3)c3ccccc43)s2)c2cc(OC(C)=O)c3ccccc3c21. The molecule has 0 saturated carbocycles. The summed E-state index contributed by atoms with van der Waals surface area (Å²) in [6.07, 6.45) is 2.08. The third-order valence-corrected chi connectivity index (χ3v) is 20.2. The number of imide groups is 1. The molecule has 3 aliphatic rings. The van der Waals surface area contributed by atoms with Gasteiger partial charge >= 0.3 is 24.2 Å². The highest BCUT2D eigenvalue weighted by molar-refractivity contribution is 7.16. The standard InChI is InChI=1S/C79H96ClN9O20S/c1-7-53-47-88(61-44-64(108-51(4)90)57-14-8-10-16-59(57)71(53)61)75(96)66-22-23-67(110-66)76(97)89-48-55(46-80)72-60-17-11-9-15-58(60)65(45-62(72)89)109-79(100)86(6)29-28-85(5)78(99)107-49-52-18-20-56(21-19-52)83-74(95)54(13-12-27-82-77(81)98)43-63(91)73(50(2)3)84-68(92)26-31-101-33-35-103-37-39-105-41-42-106-40-38-104-36-34-102-32-30-87-69(93)24-25-70(87)94/h8-11,14-25,44-45,50,53-55,73H,7,12-13,26-43,46-49H2,1-6H3,(H,83,95)(H,84,92)(H3,81,82,98)/t53-,54-,55-,73+/m1/s1. The van der Waals surface area contributed by atoms with E-state index in [-0.39, 0.29) is 144 Å². The molecule has 0 bridgehead atoms. The monoisotopic (exact) mass is 1560 g/mol. The zero-order chi connectivity index (χ0) is 78.8. The molecular weight excluding hydrogens is 1460 g/mol. The fourth-order valence-corrected chi connectivity index (χ4v) is 14.1. The van der Waals surface area contributed by atoms with Gasteiger partial charge in [-0.05, 0) is 76.9 Å². The number of urea groups is 1. The first kappa shape index (κ1) is 84.1. The Balaban J connectivity index is 0.686. The van der Waals surface area contributed by atoms with Crippen molar-refractivity contribution in [3.63, 3.8) is 0 Å². The van der Waals surface area contributed by atoms with Crippen LogP contribution in [0, 0.1) is 11.8 Å². The number of carbonyl (C=O) groups excluding carboxylic acids is 11. The maximum atomic E-state index is 14.7. The Bertz CT molecular complexity index is 4270. The van der Waals surface area contributed by atoms with Crippen LogP contribution in [0.2, 0.25) is 0 Å². The molecule has 29 nitrogen and oxygen atoms in total. The number of carbonyl (C=O) groups is 11. The molecule has 0 spiro atoms. The maximum Gasteiger partial charge on any atom is 0.415 e. The molecule has 0 fully saturated rings.